The van der Waals surface area contributed by atoms with E-state index in [0.29, 0.717) is 0 Å². The van der Waals surface area contributed by atoms with Crippen molar-refractivity contribution in [3.05, 3.63) is 22.0 Å². The molecule has 10 heavy (non-hydrogen) atoms. The van der Waals surface area contributed by atoms with Crippen LogP contribution < -0.4 is 5.73 Å². The molecule has 0 aromatic rings. The SMILES string of the molecule is NC(=C[N+](=O)[O-])C(F)(F)F. The predicted octanol–water partition coefficient (Wildman–Crippen LogP) is 0.626. The minimum Gasteiger partial charge on any atom is -0.390 e. The Morgan fingerprint density at radius 1 is 1.60 bits per heavy atom. The minimum absolute atomic E-state index is 0.292. The van der Waals surface area contributed by atoms with Crippen LogP contribution in [0.2, 0.25) is 0 Å². The summed E-state index contributed by atoms with van der Waals surface area (Å²) in [7, 11) is 0. The average molecular weight is 156 g/mol. The quantitative estimate of drug-likeness (QED) is 0.447. The molecule has 0 spiro atoms. The first kappa shape index (κ1) is 8.73. The summed E-state index contributed by atoms with van der Waals surface area (Å²) in [5, 5.41) is 9.41. The van der Waals surface area contributed by atoms with Crippen molar-refractivity contribution in [1.82, 2.24) is 0 Å². The summed E-state index contributed by atoms with van der Waals surface area (Å²) in [5.74, 6) is 0. The molecule has 0 atom stereocenters. The number of allylic oxidation sites excluding steroid dienone is 1. The molecule has 0 aromatic heterocycles. The third-order valence-electron chi connectivity index (χ3n) is 0.572. The Kier molecular flexibility index (Phi) is 2.22. The second-order valence-corrected chi connectivity index (χ2v) is 1.37. The number of hydrogen-bond acceptors (Lipinski definition) is 3. The van der Waals surface area contributed by atoms with Gasteiger partial charge in [0.15, 0.2) is 5.70 Å². The second-order valence-electron chi connectivity index (χ2n) is 1.37. The molecule has 4 nitrogen and oxygen atoms in total. The van der Waals surface area contributed by atoms with E-state index in [1.807, 2.05) is 0 Å². The molecular weight excluding hydrogens is 153 g/mol. The number of nitrogens with zero attached hydrogens (tertiary/aromatic N) is 1. The highest BCUT2D eigenvalue weighted by molar-refractivity contribution is 4.98. The largest absolute Gasteiger partial charge is 0.436 e. The molecule has 0 fully saturated rings. The number of alkyl halides is 3. The van der Waals surface area contributed by atoms with E-state index in [-0.39, 0.29) is 6.20 Å². The Labute approximate surface area is 53.3 Å². The van der Waals surface area contributed by atoms with Crippen molar-refractivity contribution in [3.8, 4) is 0 Å². The van der Waals surface area contributed by atoms with E-state index in [0.717, 1.165) is 0 Å². The van der Waals surface area contributed by atoms with Crippen LogP contribution in [0.5, 0.6) is 0 Å². The fourth-order valence-corrected chi connectivity index (χ4v) is 0.187. The zero-order valence-corrected chi connectivity index (χ0v) is 4.55. The maximum Gasteiger partial charge on any atom is 0.436 e. The molecule has 0 unspecified atom stereocenters. The molecule has 0 aromatic carbocycles. The Balaban J connectivity index is 4.35. The van der Waals surface area contributed by atoms with Crippen LogP contribution >= 0.6 is 0 Å². The van der Waals surface area contributed by atoms with Crippen LogP contribution in [0, 0.1) is 10.1 Å². The molecule has 0 heterocycles. The molecule has 2 N–H and O–H groups in total. The summed E-state index contributed by atoms with van der Waals surface area (Å²) < 4.78 is 33.9. The molecule has 0 saturated heterocycles. The van der Waals surface area contributed by atoms with Crippen molar-refractivity contribution in [2.75, 3.05) is 0 Å². The highest BCUT2D eigenvalue weighted by atomic mass is 19.4. The van der Waals surface area contributed by atoms with Crippen molar-refractivity contribution in [2.45, 2.75) is 6.18 Å². The molecule has 0 aliphatic rings. The van der Waals surface area contributed by atoms with Crippen molar-refractivity contribution in [3.63, 3.8) is 0 Å². The van der Waals surface area contributed by atoms with Gasteiger partial charge in [-0.25, -0.2) is 0 Å². The summed E-state index contributed by atoms with van der Waals surface area (Å²) in [6.07, 6.45) is -5.10. The topological polar surface area (TPSA) is 69.2 Å². The van der Waals surface area contributed by atoms with Crippen LogP contribution in [0.4, 0.5) is 13.2 Å². The molecule has 0 bridgehead atoms. The van der Waals surface area contributed by atoms with Crippen LogP contribution in [0.3, 0.4) is 0 Å². The minimum atomic E-state index is -4.81. The number of halogens is 3. The van der Waals surface area contributed by atoms with Gasteiger partial charge in [-0.1, -0.05) is 0 Å². The summed E-state index contributed by atoms with van der Waals surface area (Å²) in [6, 6.07) is 0. The molecule has 0 aliphatic carbocycles. The van der Waals surface area contributed by atoms with E-state index in [1.54, 1.807) is 0 Å². The lowest BCUT2D eigenvalue weighted by molar-refractivity contribution is -0.405. The number of nitrogens with two attached hydrogens (primary N) is 1. The highest BCUT2D eigenvalue weighted by Crippen LogP contribution is 2.20. The van der Waals surface area contributed by atoms with Gasteiger partial charge in [-0.05, 0) is 0 Å². The molecule has 0 aliphatic heterocycles. The standard InChI is InChI=1S/C3H3F3N2O2/c4-3(5,6)2(7)1-8(9)10/h1H,7H2. The van der Waals surface area contributed by atoms with Crippen LogP contribution in [0.1, 0.15) is 0 Å². The maximum atomic E-state index is 11.3. The second kappa shape index (κ2) is 2.54. The summed E-state index contributed by atoms with van der Waals surface area (Å²) in [4.78, 5) is 8.14. The third-order valence-corrected chi connectivity index (χ3v) is 0.572. The Morgan fingerprint density at radius 3 is 2.10 bits per heavy atom. The highest BCUT2D eigenvalue weighted by Gasteiger charge is 2.34. The molecule has 58 valence electrons. The van der Waals surface area contributed by atoms with Crippen LogP contribution in [0.15, 0.2) is 11.9 Å². The van der Waals surface area contributed by atoms with Gasteiger partial charge >= 0.3 is 6.18 Å². The number of hydrogen-bond donors (Lipinski definition) is 1. The first-order valence-corrected chi connectivity index (χ1v) is 2.02. The van der Waals surface area contributed by atoms with E-state index in [2.05, 4.69) is 5.73 Å². The molecule has 0 amide bonds. The monoisotopic (exact) mass is 156 g/mol. The van der Waals surface area contributed by atoms with Crippen LogP contribution in [-0.2, 0) is 0 Å². The van der Waals surface area contributed by atoms with E-state index in [9.17, 15) is 23.3 Å². The van der Waals surface area contributed by atoms with E-state index in [1.165, 1.54) is 0 Å². The zero-order valence-electron chi connectivity index (χ0n) is 4.55. The number of nitro groups is 1. The normalized spacial score (nSPS) is 13.3. The maximum absolute atomic E-state index is 11.3. The van der Waals surface area contributed by atoms with Crippen molar-refractivity contribution >= 4 is 0 Å². The van der Waals surface area contributed by atoms with Gasteiger partial charge in [0.2, 0.25) is 0 Å². The summed E-state index contributed by atoms with van der Waals surface area (Å²) in [5.41, 5.74) is 2.54. The van der Waals surface area contributed by atoms with Gasteiger partial charge in [0.1, 0.15) is 0 Å². The summed E-state index contributed by atoms with van der Waals surface area (Å²) in [6.45, 7) is 0. The van der Waals surface area contributed by atoms with Gasteiger partial charge in [-0.2, -0.15) is 13.2 Å². The van der Waals surface area contributed by atoms with Crippen LogP contribution in [-0.4, -0.2) is 11.1 Å². The Hall–Kier alpha value is -1.27. The van der Waals surface area contributed by atoms with Crippen molar-refractivity contribution in [1.29, 1.82) is 0 Å². The molecule has 7 heteroatoms. The lowest BCUT2D eigenvalue weighted by Gasteiger charge is -2.01. The van der Waals surface area contributed by atoms with E-state index < -0.39 is 16.8 Å². The third kappa shape index (κ3) is 2.90. The Morgan fingerprint density at radius 2 is 2.00 bits per heavy atom. The van der Waals surface area contributed by atoms with Crippen molar-refractivity contribution in [2.24, 2.45) is 5.73 Å². The molecule has 0 radical (unpaired) electrons. The molecular formula is C3H3F3N2O2. The first-order chi connectivity index (χ1) is 4.34. The van der Waals surface area contributed by atoms with Crippen LogP contribution in [0.25, 0.3) is 0 Å². The lowest BCUT2D eigenvalue weighted by Crippen LogP contribution is -2.20. The fourth-order valence-electron chi connectivity index (χ4n) is 0.187. The van der Waals surface area contributed by atoms with Crippen molar-refractivity contribution < 1.29 is 18.1 Å². The predicted molar refractivity (Wildman–Crippen MR) is 25.3 cm³/mol. The van der Waals surface area contributed by atoms with E-state index in [4.69, 9.17) is 0 Å². The molecule has 0 saturated carbocycles. The lowest BCUT2D eigenvalue weighted by atomic mass is 10.5. The Bertz CT molecular complexity index is 173. The van der Waals surface area contributed by atoms with Gasteiger partial charge in [0.05, 0.1) is 4.92 Å². The summed E-state index contributed by atoms with van der Waals surface area (Å²) >= 11 is 0. The van der Waals surface area contributed by atoms with Gasteiger partial charge in [0, 0.05) is 0 Å². The van der Waals surface area contributed by atoms with Gasteiger partial charge < -0.3 is 5.73 Å². The van der Waals surface area contributed by atoms with Gasteiger partial charge in [0.25, 0.3) is 6.20 Å². The fraction of sp³-hybridized carbons (Fsp3) is 0.333. The molecule has 0 rings (SSSR count). The number of rotatable bonds is 1. The van der Waals surface area contributed by atoms with Gasteiger partial charge in [-0.15, -0.1) is 0 Å². The first-order valence-electron chi connectivity index (χ1n) is 2.02. The smallest absolute Gasteiger partial charge is 0.390 e. The average Bonchev–Trinajstić information content (AvgIpc) is 1.60. The zero-order chi connectivity index (χ0) is 8.36. The van der Waals surface area contributed by atoms with Gasteiger partial charge in [-0.3, -0.25) is 10.1 Å². The van der Waals surface area contributed by atoms with E-state index >= 15 is 0 Å².